The van der Waals surface area contributed by atoms with Crippen LogP contribution in [0.2, 0.25) is 0 Å². The highest BCUT2D eigenvalue weighted by Crippen LogP contribution is 2.25. The Kier molecular flexibility index (Phi) is 5.14. The number of nitrogens with zero attached hydrogens (tertiary/aromatic N) is 1. The minimum atomic E-state index is 0. The number of nitrogens with one attached hydrogen (secondary N) is 1. The SMILES string of the molecule is Cc1cc2occ(CC(=O)N(C)C3CCNC3)c2cc1C.Cl. The van der Waals surface area contributed by atoms with Gasteiger partial charge in [0.05, 0.1) is 12.7 Å². The second kappa shape index (κ2) is 6.71. The van der Waals surface area contributed by atoms with Crippen molar-refractivity contribution in [3.8, 4) is 0 Å². The number of hydrogen-bond acceptors (Lipinski definition) is 3. The topological polar surface area (TPSA) is 45.5 Å². The second-order valence-corrected chi connectivity index (χ2v) is 6.02. The lowest BCUT2D eigenvalue weighted by atomic mass is 10.0. The zero-order valence-electron chi connectivity index (χ0n) is 13.3. The first-order valence-corrected chi connectivity index (χ1v) is 7.50. The van der Waals surface area contributed by atoms with E-state index in [0.717, 1.165) is 36.0 Å². The molecule has 1 saturated heterocycles. The summed E-state index contributed by atoms with van der Waals surface area (Å²) in [5.41, 5.74) is 4.29. The van der Waals surface area contributed by atoms with Crippen molar-refractivity contribution in [2.45, 2.75) is 32.7 Å². The van der Waals surface area contributed by atoms with Gasteiger partial charge < -0.3 is 14.6 Å². The van der Waals surface area contributed by atoms with Crippen molar-refractivity contribution in [2.24, 2.45) is 0 Å². The molecule has 3 rings (SSSR count). The molecule has 1 aromatic carbocycles. The lowest BCUT2D eigenvalue weighted by Crippen LogP contribution is -2.39. The molecule has 0 bridgehead atoms. The maximum absolute atomic E-state index is 12.4. The van der Waals surface area contributed by atoms with E-state index in [-0.39, 0.29) is 18.3 Å². The van der Waals surface area contributed by atoms with Gasteiger partial charge in [-0.2, -0.15) is 0 Å². The number of carbonyl (C=O) groups is 1. The molecular formula is C17H23ClN2O2. The summed E-state index contributed by atoms with van der Waals surface area (Å²) in [5, 5.41) is 4.36. The van der Waals surface area contributed by atoms with Gasteiger partial charge in [0.15, 0.2) is 0 Å². The average Bonchev–Trinajstić information content (AvgIpc) is 3.10. The van der Waals surface area contributed by atoms with Gasteiger partial charge in [0.1, 0.15) is 5.58 Å². The third-order valence-electron chi connectivity index (χ3n) is 4.59. The quantitative estimate of drug-likeness (QED) is 0.945. The van der Waals surface area contributed by atoms with Crippen molar-refractivity contribution in [3.05, 3.63) is 35.1 Å². The number of hydrogen-bond donors (Lipinski definition) is 1. The number of amides is 1. The maximum atomic E-state index is 12.4. The molecule has 1 aliphatic rings. The molecule has 0 radical (unpaired) electrons. The number of fused-ring (bicyclic) bond motifs is 1. The molecule has 1 atom stereocenters. The van der Waals surface area contributed by atoms with E-state index < -0.39 is 0 Å². The predicted octanol–water partition coefficient (Wildman–Crippen LogP) is 2.83. The van der Waals surface area contributed by atoms with E-state index in [4.69, 9.17) is 4.42 Å². The number of aryl methyl sites for hydroxylation is 2. The molecule has 0 spiro atoms. The fourth-order valence-electron chi connectivity index (χ4n) is 2.93. The number of likely N-dealkylation sites (N-methyl/N-ethyl adjacent to an activating group) is 1. The van der Waals surface area contributed by atoms with Crippen LogP contribution < -0.4 is 5.32 Å². The number of furan rings is 1. The highest BCUT2D eigenvalue weighted by Gasteiger charge is 2.24. The van der Waals surface area contributed by atoms with Crippen molar-refractivity contribution >= 4 is 29.3 Å². The molecule has 22 heavy (non-hydrogen) atoms. The molecule has 1 aliphatic heterocycles. The first-order chi connectivity index (χ1) is 10.1. The third-order valence-corrected chi connectivity index (χ3v) is 4.59. The molecule has 0 saturated carbocycles. The van der Waals surface area contributed by atoms with Gasteiger partial charge in [0.2, 0.25) is 5.91 Å². The van der Waals surface area contributed by atoms with E-state index in [1.807, 2.05) is 18.0 Å². The van der Waals surface area contributed by atoms with Crippen LogP contribution in [0.5, 0.6) is 0 Å². The van der Waals surface area contributed by atoms with Crippen LogP contribution in [0.3, 0.4) is 0 Å². The zero-order chi connectivity index (χ0) is 15.0. The Labute approximate surface area is 137 Å². The van der Waals surface area contributed by atoms with Crippen LogP contribution in [0.15, 0.2) is 22.8 Å². The molecule has 1 amide bonds. The Morgan fingerprint density at radius 1 is 1.36 bits per heavy atom. The van der Waals surface area contributed by atoms with Crippen LogP contribution in [-0.2, 0) is 11.2 Å². The lowest BCUT2D eigenvalue weighted by Gasteiger charge is -2.23. The monoisotopic (exact) mass is 322 g/mol. The molecule has 2 aromatic rings. The van der Waals surface area contributed by atoms with Crippen molar-refractivity contribution in [1.29, 1.82) is 0 Å². The van der Waals surface area contributed by atoms with E-state index in [2.05, 4.69) is 25.2 Å². The Morgan fingerprint density at radius 2 is 2.09 bits per heavy atom. The van der Waals surface area contributed by atoms with Crippen LogP contribution in [0, 0.1) is 13.8 Å². The van der Waals surface area contributed by atoms with E-state index >= 15 is 0 Å². The fourth-order valence-corrected chi connectivity index (χ4v) is 2.93. The lowest BCUT2D eigenvalue weighted by molar-refractivity contribution is -0.130. The largest absolute Gasteiger partial charge is 0.464 e. The molecule has 5 heteroatoms. The number of benzene rings is 1. The average molecular weight is 323 g/mol. The highest BCUT2D eigenvalue weighted by atomic mass is 35.5. The maximum Gasteiger partial charge on any atom is 0.227 e. The minimum absolute atomic E-state index is 0. The molecule has 4 nitrogen and oxygen atoms in total. The van der Waals surface area contributed by atoms with E-state index in [1.54, 1.807) is 6.26 Å². The predicted molar refractivity (Wildman–Crippen MR) is 90.7 cm³/mol. The summed E-state index contributed by atoms with van der Waals surface area (Å²) in [7, 11) is 1.90. The smallest absolute Gasteiger partial charge is 0.227 e. The van der Waals surface area contributed by atoms with E-state index in [0.29, 0.717) is 12.5 Å². The van der Waals surface area contributed by atoms with Crippen molar-refractivity contribution in [1.82, 2.24) is 10.2 Å². The standard InChI is InChI=1S/C17H22N2O2.ClH/c1-11-6-15-13(10-21-16(15)7-12(11)2)8-17(20)19(3)14-4-5-18-9-14;/h6-7,10,14,18H,4-5,8-9H2,1-3H3;1H. The van der Waals surface area contributed by atoms with Crippen molar-refractivity contribution in [2.75, 3.05) is 20.1 Å². The summed E-state index contributed by atoms with van der Waals surface area (Å²) in [4.78, 5) is 14.3. The fraction of sp³-hybridized carbons (Fsp3) is 0.471. The van der Waals surface area contributed by atoms with Gasteiger partial charge in [0.25, 0.3) is 0 Å². The highest BCUT2D eigenvalue weighted by molar-refractivity contribution is 5.88. The summed E-state index contributed by atoms with van der Waals surface area (Å²) in [6.07, 6.45) is 3.16. The first-order valence-electron chi connectivity index (χ1n) is 7.50. The van der Waals surface area contributed by atoms with E-state index in [9.17, 15) is 4.79 Å². The van der Waals surface area contributed by atoms with Gasteiger partial charge in [-0.3, -0.25) is 4.79 Å². The van der Waals surface area contributed by atoms with Crippen LogP contribution in [0.1, 0.15) is 23.1 Å². The molecule has 1 unspecified atom stereocenters. The number of carbonyl (C=O) groups excluding carboxylic acids is 1. The van der Waals surface area contributed by atoms with Gasteiger partial charge in [0, 0.05) is 30.6 Å². The van der Waals surface area contributed by atoms with Gasteiger partial charge in [-0.25, -0.2) is 0 Å². The van der Waals surface area contributed by atoms with Crippen molar-refractivity contribution in [3.63, 3.8) is 0 Å². The number of rotatable bonds is 3. The summed E-state index contributed by atoms with van der Waals surface area (Å²) >= 11 is 0. The Balaban J connectivity index is 0.00000176. The van der Waals surface area contributed by atoms with Crippen LogP contribution in [0.4, 0.5) is 0 Å². The molecule has 1 fully saturated rings. The Morgan fingerprint density at radius 3 is 2.77 bits per heavy atom. The normalized spacial score (nSPS) is 17.5. The molecular weight excluding hydrogens is 300 g/mol. The summed E-state index contributed by atoms with van der Waals surface area (Å²) in [6.45, 7) is 6.05. The van der Waals surface area contributed by atoms with Gasteiger partial charge in [-0.05, 0) is 50.1 Å². The van der Waals surface area contributed by atoms with Crippen LogP contribution >= 0.6 is 12.4 Å². The zero-order valence-corrected chi connectivity index (χ0v) is 14.1. The third kappa shape index (κ3) is 3.13. The van der Waals surface area contributed by atoms with Crippen molar-refractivity contribution < 1.29 is 9.21 Å². The van der Waals surface area contributed by atoms with Gasteiger partial charge >= 0.3 is 0 Å². The van der Waals surface area contributed by atoms with Crippen LogP contribution in [-0.4, -0.2) is 37.0 Å². The first kappa shape index (κ1) is 16.8. The summed E-state index contributed by atoms with van der Waals surface area (Å²) < 4.78 is 5.61. The Hall–Kier alpha value is -1.52. The molecule has 120 valence electrons. The Bertz CT molecular complexity index is 675. The molecule has 0 aliphatic carbocycles. The second-order valence-electron chi connectivity index (χ2n) is 6.02. The molecule has 1 N–H and O–H groups in total. The minimum Gasteiger partial charge on any atom is -0.464 e. The van der Waals surface area contributed by atoms with E-state index in [1.165, 1.54) is 11.1 Å². The van der Waals surface area contributed by atoms with Crippen LogP contribution in [0.25, 0.3) is 11.0 Å². The summed E-state index contributed by atoms with van der Waals surface area (Å²) in [5.74, 6) is 0.157. The summed E-state index contributed by atoms with van der Waals surface area (Å²) in [6, 6.07) is 4.48. The molecule has 2 heterocycles. The number of halogens is 1. The van der Waals surface area contributed by atoms with Gasteiger partial charge in [-0.1, -0.05) is 0 Å². The van der Waals surface area contributed by atoms with Gasteiger partial charge in [-0.15, -0.1) is 12.4 Å². The molecule has 1 aromatic heterocycles.